The van der Waals surface area contributed by atoms with Crippen LogP contribution in [0.5, 0.6) is 0 Å². The number of carbonyl (C=O) groups is 1. The summed E-state index contributed by atoms with van der Waals surface area (Å²) in [6.07, 6.45) is 0. The Morgan fingerprint density at radius 3 is 2.89 bits per heavy atom. The molecule has 0 amide bonds. The maximum Gasteiger partial charge on any atom is 0.177 e. The Morgan fingerprint density at radius 1 is 1.50 bits per heavy atom. The maximum absolute atomic E-state index is 11.9. The molecule has 0 spiro atoms. The molecule has 3 N–H and O–H groups in total. The van der Waals surface area contributed by atoms with Gasteiger partial charge in [-0.25, -0.2) is 0 Å². The van der Waals surface area contributed by atoms with Crippen LogP contribution in [0.3, 0.4) is 0 Å². The standard InChI is InChI=1S/C13H16N2OS2/c1-8(2)12(16)13-10(14)6-11(18-13)15-7-9-4-3-5-17-9/h3-6,8,15H,7,14H2,1-2H3. The van der Waals surface area contributed by atoms with Gasteiger partial charge < -0.3 is 11.1 Å². The SMILES string of the molecule is CC(C)C(=O)c1sc(NCc2cccs2)cc1N. The predicted octanol–water partition coefficient (Wildman–Crippen LogP) is 3.84. The predicted molar refractivity (Wildman–Crippen MR) is 79.5 cm³/mol. The molecule has 0 aromatic carbocycles. The van der Waals surface area contributed by atoms with Crippen molar-refractivity contribution in [2.24, 2.45) is 5.92 Å². The highest BCUT2D eigenvalue weighted by Crippen LogP contribution is 2.31. The van der Waals surface area contributed by atoms with Crippen molar-refractivity contribution in [1.29, 1.82) is 0 Å². The molecule has 0 saturated carbocycles. The van der Waals surface area contributed by atoms with Gasteiger partial charge in [0.25, 0.3) is 0 Å². The highest BCUT2D eigenvalue weighted by atomic mass is 32.1. The van der Waals surface area contributed by atoms with Crippen LogP contribution in [0, 0.1) is 5.92 Å². The van der Waals surface area contributed by atoms with Gasteiger partial charge in [-0.2, -0.15) is 0 Å². The van der Waals surface area contributed by atoms with E-state index >= 15 is 0 Å². The van der Waals surface area contributed by atoms with Crippen LogP contribution in [0.2, 0.25) is 0 Å². The minimum Gasteiger partial charge on any atom is -0.397 e. The molecule has 3 nitrogen and oxygen atoms in total. The van der Waals surface area contributed by atoms with Gasteiger partial charge in [0.05, 0.1) is 22.1 Å². The van der Waals surface area contributed by atoms with Crippen molar-refractivity contribution in [3.63, 3.8) is 0 Å². The third kappa shape index (κ3) is 2.91. The van der Waals surface area contributed by atoms with E-state index in [4.69, 9.17) is 5.73 Å². The van der Waals surface area contributed by atoms with E-state index in [9.17, 15) is 4.79 Å². The van der Waals surface area contributed by atoms with Gasteiger partial charge in [-0.3, -0.25) is 4.79 Å². The number of Topliss-reactive ketones (excluding diaryl/α,β-unsaturated/α-hetero) is 1. The average Bonchev–Trinajstić information content (AvgIpc) is 2.94. The maximum atomic E-state index is 11.9. The molecule has 96 valence electrons. The fourth-order valence-corrected chi connectivity index (χ4v) is 3.24. The molecule has 2 aromatic rings. The first kappa shape index (κ1) is 13.1. The lowest BCUT2D eigenvalue weighted by atomic mass is 10.1. The second-order valence-electron chi connectivity index (χ2n) is 4.35. The van der Waals surface area contributed by atoms with Crippen molar-refractivity contribution >= 4 is 39.1 Å². The quantitative estimate of drug-likeness (QED) is 0.818. The number of nitrogens with one attached hydrogen (secondary N) is 1. The molecular weight excluding hydrogens is 264 g/mol. The number of rotatable bonds is 5. The Balaban J connectivity index is 2.07. The normalized spacial score (nSPS) is 10.8. The monoisotopic (exact) mass is 280 g/mol. The molecule has 0 aliphatic rings. The van der Waals surface area contributed by atoms with E-state index in [0.717, 1.165) is 11.5 Å². The molecule has 2 heterocycles. The molecule has 0 aliphatic carbocycles. The summed E-state index contributed by atoms with van der Waals surface area (Å²) in [5, 5.41) is 6.30. The lowest BCUT2D eigenvalue weighted by Gasteiger charge is -2.02. The minimum atomic E-state index is -0.0175. The van der Waals surface area contributed by atoms with Crippen LogP contribution in [0.4, 0.5) is 10.7 Å². The van der Waals surface area contributed by atoms with Gasteiger partial charge in [-0.1, -0.05) is 19.9 Å². The zero-order chi connectivity index (χ0) is 13.1. The van der Waals surface area contributed by atoms with Gasteiger partial charge in [-0.05, 0) is 17.5 Å². The summed E-state index contributed by atoms with van der Waals surface area (Å²) >= 11 is 3.15. The molecule has 0 aliphatic heterocycles. The van der Waals surface area contributed by atoms with Crippen LogP contribution < -0.4 is 11.1 Å². The highest BCUT2D eigenvalue weighted by Gasteiger charge is 2.17. The Morgan fingerprint density at radius 2 is 2.28 bits per heavy atom. The molecule has 0 unspecified atom stereocenters. The van der Waals surface area contributed by atoms with Crippen molar-refractivity contribution in [2.45, 2.75) is 20.4 Å². The molecule has 0 fully saturated rings. The van der Waals surface area contributed by atoms with Crippen LogP contribution in [0.15, 0.2) is 23.6 Å². The number of nitrogen functional groups attached to an aromatic ring is 1. The molecule has 5 heteroatoms. The number of anilines is 2. The Labute approximate surface area is 115 Å². The van der Waals surface area contributed by atoms with E-state index < -0.39 is 0 Å². The Hall–Kier alpha value is -1.33. The van der Waals surface area contributed by atoms with Gasteiger partial charge in [0, 0.05) is 10.8 Å². The summed E-state index contributed by atoms with van der Waals surface area (Å²) in [5.41, 5.74) is 6.46. The van der Waals surface area contributed by atoms with E-state index in [-0.39, 0.29) is 11.7 Å². The largest absolute Gasteiger partial charge is 0.397 e. The first-order valence-corrected chi connectivity index (χ1v) is 7.47. The Bertz CT molecular complexity index is 529. The second kappa shape index (κ2) is 5.54. The molecule has 2 aromatic heterocycles. The average molecular weight is 280 g/mol. The van der Waals surface area contributed by atoms with Crippen LogP contribution in [0.1, 0.15) is 28.4 Å². The summed E-state index contributed by atoms with van der Waals surface area (Å²) in [4.78, 5) is 13.8. The van der Waals surface area contributed by atoms with E-state index in [2.05, 4.69) is 11.4 Å². The fourth-order valence-electron chi connectivity index (χ4n) is 1.53. The molecule has 2 rings (SSSR count). The third-order valence-corrected chi connectivity index (χ3v) is 4.53. The van der Waals surface area contributed by atoms with E-state index in [0.29, 0.717) is 10.6 Å². The second-order valence-corrected chi connectivity index (χ2v) is 6.43. The van der Waals surface area contributed by atoms with Gasteiger partial charge in [0.15, 0.2) is 5.78 Å². The number of ketones is 1. The first-order chi connectivity index (χ1) is 8.58. The van der Waals surface area contributed by atoms with Crippen molar-refractivity contribution in [1.82, 2.24) is 0 Å². The topological polar surface area (TPSA) is 55.1 Å². The number of carbonyl (C=O) groups excluding carboxylic acids is 1. The minimum absolute atomic E-state index is 0.0175. The van der Waals surface area contributed by atoms with Crippen molar-refractivity contribution in [3.05, 3.63) is 33.3 Å². The van der Waals surface area contributed by atoms with Crippen LogP contribution in [0.25, 0.3) is 0 Å². The number of nitrogens with two attached hydrogens (primary N) is 1. The van der Waals surface area contributed by atoms with Crippen molar-refractivity contribution in [3.8, 4) is 0 Å². The van der Waals surface area contributed by atoms with Gasteiger partial charge >= 0.3 is 0 Å². The number of thiophene rings is 2. The lowest BCUT2D eigenvalue weighted by molar-refractivity contribution is 0.0944. The van der Waals surface area contributed by atoms with Gasteiger partial charge in [0.2, 0.25) is 0 Å². The van der Waals surface area contributed by atoms with Crippen molar-refractivity contribution in [2.75, 3.05) is 11.1 Å². The summed E-state index contributed by atoms with van der Waals surface area (Å²) in [7, 11) is 0. The first-order valence-electron chi connectivity index (χ1n) is 5.77. The lowest BCUT2D eigenvalue weighted by Crippen LogP contribution is -2.07. The van der Waals surface area contributed by atoms with Crippen LogP contribution in [-0.4, -0.2) is 5.78 Å². The molecule has 0 radical (unpaired) electrons. The zero-order valence-electron chi connectivity index (χ0n) is 10.4. The molecule has 0 bridgehead atoms. The van der Waals surface area contributed by atoms with Crippen LogP contribution in [-0.2, 0) is 6.54 Å². The summed E-state index contributed by atoms with van der Waals surface area (Å²) in [6.45, 7) is 4.55. The zero-order valence-corrected chi connectivity index (χ0v) is 12.0. The molecule has 18 heavy (non-hydrogen) atoms. The molecule has 0 saturated heterocycles. The van der Waals surface area contributed by atoms with Gasteiger partial charge in [-0.15, -0.1) is 22.7 Å². The molecule has 0 atom stereocenters. The smallest absolute Gasteiger partial charge is 0.177 e. The summed E-state index contributed by atoms with van der Waals surface area (Å²) < 4.78 is 0. The van der Waals surface area contributed by atoms with E-state index in [1.165, 1.54) is 16.2 Å². The van der Waals surface area contributed by atoms with Crippen molar-refractivity contribution < 1.29 is 4.79 Å². The number of hydrogen-bond donors (Lipinski definition) is 2. The van der Waals surface area contributed by atoms with Crippen LogP contribution >= 0.6 is 22.7 Å². The fraction of sp³-hybridized carbons (Fsp3) is 0.308. The van der Waals surface area contributed by atoms with Gasteiger partial charge in [0.1, 0.15) is 0 Å². The summed E-state index contributed by atoms with van der Waals surface area (Å²) in [5.74, 6) is 0.0952. The van der Waals surface area contributed by atoms with E-state index in [1.807, 2.05) is 31.4 Å². The molecular formula is C13H16N2OS2. The highest BCUT2D eigenvalue weighted by molar-refractivity contribution is 7.18. The summed E-state index contributed by atoms with van der Waals surface area (Å²) in [6, 6.07) is 5.95. The Kier molecular flexibility index (Phi) is 4.04. The van der Waals surface area contributed by atoms with E-state index in [1.54, 1.807) is 11.3 Å². The number of hydrogen-bond acceptors (Lipinski definition) is 5. The third-order valence-electron chi connectivity index (χ3n) is 2.53.